The number of nitrogens with zero attached hydrogens (tertiary/aromatic N) is 3. The SMILES string of the molecule is CN(C)C1CCN(c2ccc3c(c2)Sc2cc(C(F)(F)F)cc(NC4CCN(CCN)CC4)c2C3)C1. The fourth-order valence-corrected chi connectivity index (χ4v) is 6.78. The highest BCUT2D eigenvalue weighted by Gasteiger charge is 2.34. The van der Waals surface area contributed by atoms with E-state index in [2.05, 4.69) is 52.3 Å². The molecule has 3 aliphatic heterocycles. The van der Waals surface area contributed by atoms with Crippen molar-refractivity contribution in [3.63, 3.8) is 0 Å². The zero-order valence-corrected chi connectivity index (χ0v) is 21.9. The van der Waals surface area contributed by atoms with Crippen molar-refractivity contribution in [3.8, 4) is 0 Å². The summed E-state index contributed by atoms with van der Waals surface area (Å²) in [7, 11) is 4.22. The highest BCUT2D eigenvalue weighted by atomic mass is 32.2. The molecular formula is C27H36F3N5S. The van der Waals surface area contributed by atoms with E-state index in [1.807, 2.05) is 0 Å². The van der Waals surface area contributed by atoms with Gasteiger partial charge in [0.2, 0.25) is 0 Å². The van der Waals surface area contributed by atoms with E-state index in [-0.39, 0.29) is 6.04 Å². The summed E-state index contributed by atoms with van der Waals surface area (Å²) in [6, 6.07) is 9.85. The van der Waals surface area contributed by atoms with Crippen molar-refractivity contribution in [1.82, 2.24) is 9.80 Å². The summed E-state index contributed by atoms with van der Waals surface area (Å²) >= 11 is 1.48. The minimum absolute atomic E-state index is 0.167. The van der Waals surface area contributed by atoms with Gasteiger partial charge in [-0.2, -0.15) is 13.2 Å². The van der Waals surface area contributed by atoms with E-state index in [0.717, 1.165) is 68.1 Å². The van der Waals surface area contributed by atoms with Gasteiger partial charge in [0.25, 0.3) is 0 Å². The molecule has 2 saturated heterocycles. The van der Waals surface area contributed by atoms with Gasteiger partial charge >= 0.3 is 6.18 Å². The quantitative estimate of drug-likeness (QED) is 0.491. The number of likely N-dealkylation sites (tertiary alicyclic amines) is 1. The standard InChI is InChI=1S/C27H36F3N5S/c1-33(2)22-7-11-35(17-22)21-4-3-18-13-23-24(32-20-5-9-34(10-6-20)12-8-31)14-19(27(28,29)30)15-26(23)36-25(18)16-21/h3-4,14-16,20,22,32H,5-13,17,31H2,1-2H3. The lowest BCUT2D eigenvalue weighted by molar-refractivity contribution is -0.137. The second-order valence-corrected chi connectivity index (χ2v) is 11.6. The van der Waals surface area contributed by atoms with E-state index in [9.17, 15) is 13.2 Å². The molecule has 0 amide bonds. The van der Waals surface area contributed by atoms with E-state index in [0.29, 0.717) is 29.6 Å². The van der Waals surface area contributed by atoms with Crippen molar-refractivity contribution in [3.05, 3.63) is 47.0 Å². The van der Waals surface area contributed by atoms with Crippen LogP contribution in [0.2, 0.25) is 0 Å². The summed E-state index contributed by atoms with van der Waals surface area (Å²) in [5, 5.41) is 3.50. The number of nitrogens with two attached hydrogens (primary N) is 1. The Labute approximate surface area is 216 Å². The van der Waals surface area contributed by atoms with Crippen molar-refractivity contribution in [2.24, 2.45) is 5.73 Å². The molecule has 3 aliphatic rings. The van der Waals surface area contributed by atoms with Crippen LogP contribution in [0.5, 0.6) is 0 Å². The van der Waals surface area contributed by atoms with Crippen LogP contribution in [-0.4, -0.2) is 75.2 Å². The third kappa shape index (κ3) is 5.49. The Balaban J connectivity index is 1.39. The Bertz CT molecular complexity index is 1080. The second-order valence-electron chi connectivity index (χ2n) is 10.5. The number of rotatable bonds is 6. The lowest BCUT2D eigenvalue weighted by Crippen LogP contribution is -2.41. The molecule has 2 fully saturated rings. The van der Waals surface area contributed by atoms with Gasteiger partial charge in [0.1, 0.15) is 0 Å². The van der Waals surface area contributed by atoms with Crippen molar-refractivity contribution in [2.75, 3.05) is 63.6 Å². The van der Waals surface area contributed by atoms with Gasteiger partial charge in [0.15, 0.2) is 0 Å². The predicted octanol–water partition coefficient (Wildman–Crippen LogP) is 4.74. The molecule has 1 atom stereocenters. The molecule has 9 heteroatoms. The van der Waals surface area contributed by atoms with Crippen molar-refractivity contribution < 1.29 is 13.2 Å². The number of hydrogen-bond donors (Lipinski definition) is 2. The fourth-order valence-electron chi connectivity index (χ4n) is 5.60. The van der Waals surface area contributed by atoms with Gasteiger partial charge in [-0.25, -0.2) is 0 Å². The van der Waals surface area contributed by atoms with E-state index in [1.165, 1.54) is 29.5 Å². The molecule has 3 N–H and O–H groups in total. The Morgan fingerprint density at radius 2 is 1.83 bits per heavy atom. The zero-order chi connectivity index (χ0) is 25.4. The zero-order valence-electron chi connectivity index (χ0n) is 21.1. The lowest BCUT2D eigenvalue weighted by atomic mass is 9.98. The Kier molecular flexibility index (Phi) is 7.45. The summed E-state index contributed by atoms with van der Waals surface area (Å²) in [6.45, 7) is 5.31. The van der Waals surface area contributed by atoms with Gasteiger partial charge in [0, 0.05) is 78.9 Å². The summed E-state index contributed by atoms with van der Waals surface area (Å²) in [4.78, 5) is 8.75. The molecule has 0 radical (unpaired) electrons. The first-order chi connectivity index (χ1) is 17.2. The van der Waals surface area contributed by atoms with Gasteiger partial charge < -0.3 is 25.8 Å². The molecule has 0 aromatic heterocycles. The molecule has 0 saturated carbocycles. The minimum atomic E-state index is -4.38. The number of nitrogens with one attached hydrogen (secondary N) is 1. The first-order valence-electron chi connectivity index (χ1n) is 12.9. The number of anilines is 2. The van der Waals surface area contributed by atoms with Crippen LogP contribution in [0.25, 0.3) is 0 Å². The molecule has 0 bridgehead atoms. The number of hydrogen-bond acceptors (Lipinski definition) is 6. The van der Waals surface area contributed by atoms with Crippen LogP contribution in [0.1, 0.15) is 36.0 Å². The number of piperidine rings is 1. The summed E-state index contributed by atoms with van der Waals surface area (Å²) < 4.78 is 41.6. The van der Waals surface area contributed by atoms with Crippen LogP contribution < -0.4 is 16.0 Å². The van der Waals surface area contributed by atoms with E-state index >= 15 is 0 Å². The first kappa shape index (κ1) is 25.7. The van der Waals surface area contributed by atoms with Crippen LogP contribution >= 0.6 is 11.8 Å². The van der Waals surface area contributed by atoms with Crippen LogP contribution in [0.15, 0.2) is 40.1 Å². The van der Waals surface area contributed by atoms with Gasteiger partial charge in [-0.15, -0.1) is 0 Å². The molecular weight excluding hydrogens is 483 g/mol. The minimum Gasteiger partial charge on any atom is -0.382 e. The molecule has 0 spiro atoms. The van der Waals surface area contributed by atoms with E-state index in [1.54, 1.807) is 0 Å². The molecule has 2 aromatic carbocycles. The van der Waals surface area contributed by atoms with Crippen molar-refractivity contribution in [1.29, 1.82) is 0 Å². The fraction of sp³-hybridized carbons (Fsp3) is 0.556. The molecule has 36 heavy (non-hydrogen) atoms. The predicted molar refractivity (Wildman–Crippen MR) is 141 cm³/mol. The normalized spacial score (nSPS) is 21.1. The lowest BCUT2D eigenvalue weighted by Gasteiger charge is -2.34. The molecule has 5 rings (SSSR count). The summed E-state index contributed by atoms with van der Waals surface area (Å²) in [5.74, 6) is 0. The van der Waals surface area contributed by atoms with Gasteiger partial charge in [-0.1, -0.05) is 17.8 Å². The van der Waals surface area contributed by atoms with Gasteiger partial charge in [-0.05, 0) is 68.8 Å². The molecule has 196 valence electrons. The Morgan fingerprint density at radius 3 is 2.50 bits per heavy atom. The Hall–Kier alpha value is -1.94. The number of halogens is 3. The van der Waals surface area contributed by atoms with Crippen molar-refractivity contribution in [2.45, 2.75) is 53.7 Å². The smallest absolute Gasteiger partial charge is 0.382 e. The molecule has 2 aromatic rings. The molecule has 1 unspecified atom stereocenters. The third-order valence-corrected chi connectivity index (χ3v) is 9.01. The maximum absolute atomic E-state index is 13.9. The van der Waals surface area contributed by atoms with Crippen LogP contribution in [0.3, 0.4) is 0 Å². The summed E-state index contributed by atoms with van der Waals surface area (Å²) in [6.07, 6.45) is -0.806. The van der Waals surface area contributed by atoms with Crippen LogP contribution in [0.4, 0.5) is 24.5 Å². The van der Waals surface area contributed by atoms with Crippen molar-refractivity contribution >= 4 is 23.1 Å². The maximum Gasteiger partial charge on any atom is 0.416 e. The average Bonchev–Trinajstić information content (AvgIpc) is 3.34. The maximum atomic E-state index is 13.9. The largest absolute Gasteiger partial charge is 0.416 e. The van der Waals surface area contributed by atoms with Gasteiger partial charge in [-0.3, -0.25) is 0 Å². The number of likely N-dealkylation sites (N-methyl/N-ethyl adjacent to an activating group) is 1. The first-order valence-corrected chi connectivity index (χ1v) is 13.7. The highest BCUT2D eigenvalue weighted by Crippen LogP contribution is 2.46. The molecule has 0 aliphatic carbocycles. The third-order valence-electron chi connectivity index (χ3n) is 7.83. The number of benzene rings is 2. The molecule has 3 heterocycles. The highest BCUT2D eigenvalue weighted by molar-refractivity contribution is 7.99. The van der Waals surface area contributed by atoms with E-state index < -0.39 is 11.7 Å². The number of alkyl halides is 3. The van der Waals surface area contributed by atoms with Crippen LogP contribution in [-0.2, 0) is 12.6 Å². The second kappa shape index (κ2) is 10.4. The average molecular weight is 520 g/mol. The topological polar surface area (TPSA) is 47.8 Å². The molecule has 5 nitrogen and oxygen atoms in total. The van der Waals surface area contributed by atoms with Gasteiger partial charge in [0.05, 0.1) is 5.56 Å². The monoisotopic (exact) mass is 519 g/mol. The van der Waals surface area contributed by atoms with Crippen LogP contribution in [0, 0.1) is 0 Å². The summed E-state index contributed by atoms with van der Waals surface area (Å²) in [5.41, 5.74) is 9.05. The number of fused-ring (bicyclic) bond motifs is 2. The van der Waals surface area contributed by atoms with E-state index in [4.69, 9.17) is 5.73 Å². The Morgan fingerprint density at radius 1 is 1.06 bits per heavy atom.